The van der Waals surface area contributed by atoms with E-state index >= 15 is 0 Å². The molecule has 1 aromatic heterocycles. The highest BCUT2D eigenvalue weighted by molar-refractivity contribution is 5.92. The second kappa shape index (κ2) is 5.53. The van der Waals surface area contributed by atoms with Gasteiger partial charge in [-0.05, 0) is 31.0 Å². The van der Waals surface area contributed by atoms with E-state index in [2.05, 4.69) is 15.7 Å². The van der Waals surface area contributed by atoms with Gasteiger partial charge in [0, 0.05) is 24.2 Å². The Morgan fingerprint density at radius 2 is 2.10 bits per heavy atom. The maximum atomic E-state index is 12.0. The van der Waals surface area contributed by atoms with Crippen LogP contribution in [0.1, 0.15) is 32.1 Å². The van der Waals surface area contributed by atoms with Gasteiger partial charge in [0.1, 0.15) is 0 Å². The van der Waals surface area contributed by atoms with Crippen LogP contribution in [-0.4, -0.2) is 21.9 Å². The SMILES string of the molecule is Cn1ncc2ccc(NC(=O)NC3CCCCC3)cc21. The van der Waals surface area contributed by atoms with Gasteiger partial charge in [-0.2, -0.15) is 5.10 Å². The highest BCUT2D eigenvalue weighted by atomic mass is 16.2. The Bertz CT molecular complexity index is 613. The zero-order valence-corrected chi connectivity index (χ0v) is 11.7. The van der Waals surface area contributed by atoms with Crippen molar-refractivity contribution in [3.05, 3.63) is 24.4 Å². The van der Waals surface area contributed by atoms with Crippen LogP contribution in [0.3, 0.4) is 0 Å². The highest BCUT2D eigenvalue weighted by Crippen LogP contribution is 2.19. The summed E-state index contributed by atoms with van der Waals surface area (Å²) in [7, 11) is 1.90. The van der Waals surface area contributed by atoms with Crippen molar-refractivity contribution in [1.82, 2.24) is 15.1 Å². The molecule has 0 aliphatic heterocycles. The Kier molecular flexibility index (Phi) is 3.58. The lowest BCUT2D eigenvalue weighted by Gasteiger charge is -2.22. The predicted octanol–water partition coefficient (Wildman–Crippen LogP) is 3.03. The molecule has 0 radical (unpaired) electrons. The molecule has 5 heteroatoms. The monoisotopic (exact) mass is 272 g/mol. The summed E-state index contributed by atoms with van der Waals surface area (Å²) in [6.45, 7) is 0. The first kappa shape index (κ1) is 13.0. The van der Waals surface area contributed by atoms with Gasteiger partial charge in [-0.3, -0.25) is 4.68 Å². The Labute approximate surface area is 118 Å². The fraction of sp³-hybridized carbons (Fsp3) is 0.467. The summed E-state index contributed by atoms with van der Waals surface area (Å²) >= 11 is 0. The molecule has 2 amide bonds. The summed E-state index contributed by atoms with van der Waals surface area (Å²) in [6.07, 6.45) is 7.72. The van der Waals surface area contributed by atoms with Gasteiger partial charge < -0.3 is 10.6 Å². The molecule has 2 aromatic rings. The maximum absolute atomic E-state index is 12.0. The molecule has 1 aliphatic carbocycles. The molecule has 1 aromatic carbocycles. The molecule has 3 rings (SSSR count). The van der Waals surface area contributed by atoms with Crippen LogP contribution in [0.15, 0.2) is 24.4 Å². The number of aromatic nitrogens is 2. The third-order valence-corrected chi connectivity index (χ3v) is 3.95. The summed E-state index contributed by atoms with van der Waals surface area (Å²) in [4.78, 5) is 12.0. The van der Waals surface area contributed by atoms with Crippen molar-refractivity contribution in [1.29, 1.82) is 0 Å². The van der Waals surface area contributed by atoms with Crippen LogP contribution in [-0.2, 0) is 7.05 Å². The zero-order valence-electron chi connectivity index (χ0n) is 11.7. The van der Waals surface area contributed by atoms with Gasteiger partial charge in [0.05, 0.1) is 11.7 Å². The fourth-order valence-corrected chi connectivity index (χ4v) is 2.82. The van der Waals surface area contributed by atoms with E-state index in [0.717, 1.165) is 29.4 Å². The number of nitrogens with zero attached hydrogens (tertiary/aromatic N) is 2. The summed E-state index contributed by atoms with van der Waals surface area (Å²) in [5, 5.41) is 11.2. The number of fused-ring (bicyclic) bond motifs is 1. The van der Waals surface area contributed by atoms with E-state index < -0.39 is 0 Å². The number of nitrogens with one attached hydrogen (secondary N) is 2. The van der Waals surface area contributed by atoms with E-state index in [1.54, 1.807) is 4.68 Å². The van der Waals surface area contributed by atoms with Crippen LogP contribution >= 0.6 is 0 Å². The predicted molar refractivity (Wildman–Crippen MR) is 79.7 cm³/mol. The van der Waals surface area contributed by atoms with Crippen LogP contribution in [0, 0.1) is 0 Å². The molecule has 0 unspecified atom stereocenters. The maximum Gasteiger partial charge on any atom is 0.319 e. The van der Waals surface area contributed by atoms with Gasteiger partial charge in [0.2, 0.25) is 0 Å². The van der Waals surface area contributed by atoms with Crippen molar-refractivity contribution in [2.45, 2.75) is 38.1 Å². The van der Waals surface area contributed by atoms with Crippen molar-refractivity contribution in [3.63, 3.8) is 0 Å². The van der Waals surface area contributed by atoms with Gasteiger partial charge in [0.15, 0.2) is 0 Å². The van der Waals surface area contributed by atoms with Gasteiger partial charge in [0.25, 0.3) is 0 Å². The van der Waals surface area contributed by atoms with Gasteiger partial charge in [-0.1, -0.05) is 19.3 Å². The van der Waals surface area contributed by atoms with E-state index in [9.17, 15) is 4.79 Å². The molecule has 1 fully saturated rings. The van der Waals surface area contributed by atoms with Gasteiger partial charge in [-0.25, -0.2) is 4.79 Å². The first-order valence-corrected chi connectivity index (χ1v) is 7.22. The molecular formula is C15H20N4O. The van der Waals surface area contributed by atoms with Crippen molar-refractivity contribution in [3.8, 4) is 0 Å². The minimum atomic E-state index is -0.113. The highest BCUT2D eigenvalue weighted by Gasteiger charge is 2.15. The van der Waals surface area contributed by atoms with E-state index in [0.29, 0.717) is 6.04 Å². The molecular weight excluding hydrogens is 252 g/mol. The first-order valence-electron chi connectivity index (χ1n) is 7.22. The number of hydrogen-bond donors (Lipinski definition) is 2. The minimum Gasteiger partial charge on any atom is -0.335 e. The summed E-state index contributed by atoms with van der Waals surface area (Å²) in [6, 6.07) is 6.04. The Hall–Kier alpha value is -2.04. The van der Waals surface area contributed by atoms with Crippen LogP contribution in [0.5, 0.6) is 0 Å². The average Bonchev–Trinajstić information content (AvgIpc) is 2.81. The topological polar surface area (TPSA) is 59.0 Å². The Morgan fingerprint density at radius 1 is 1.30 bits per heavy atom. The quantitative estimate of drug-likeness (QED) is 0.882. The number of amides is 2. The van der Waals surface area contributed by atoms with E-state index in [1.807, 2.05) is 31.4 Å². The van der Waals surface area contributed by atoms with Crippen molar-refractivity contribution < 1.29 is 4.79 Å². The Balaban J connectivity index is 1.65. The van der Waals surface area contributed by atoms with Crippen molar-refractivity contribution in [2.75, 3.05) is 5.32 Å². The van der Waals surface area contributed by atoms with Crippen LogP contribution in [0.25, 0.3) is 10.9 Å². The molecule has 0 saturated heterocycles. The van der Waals surface area contributed by atoms with Gasteiger partial charge in [-0.15, -0.1) is 0 Å². The molecule has 0 bridgehead atoms. The Morgan fingerprint density at radius 3 is 2.90 bits per heavy atom. The van der Waals surface area contributed by atoms with Crippen LogP contribution in [0.2, 0.25) is 0 Å². The minimum absolute atomic E-state index is 0.113. The van der Waals surface area contributed by atoms with Crippen LogP contribution in [0.4, 0.5) is 10.5 Å². The van der Waals surface area contributed by atoms with E-state index in [-0.39, 0.29) is 6.03 Å². The molecule has 1 saturated carbocycles. The molecule has 20 heavy (non-hydrogen) atoms. The lowest BCUT2D eigenvalue weighted by atomic mass is 9.96. The average molecular weight is 272 g/mol. The molecule has 5 nitrogen and oxygen atoms in total. The first-order chi connectivity index (χ1) is 9.72. The fourth-order valence-electron chi connectivity index (χ4n) is 2.82. The van der Waals surface area contributed by atoms with Crippen molar-refractivity contribution in [2.24, 2.45) is 7.05 Å². The molecule has 2 N–H and O–H groups in total. The van der Waals surface area contributed by atoms with Crippen LogP contribution < -0.4 is 10.6 Å². The molecule has 0 spiro atoms. The number of carbonyl (C=O) groups excluding carboxylic acids is 1. The number of rotatable bonds is 2. The third-order valence-electron chi connectivity index (χ3n) is 3.95. The number of hydrogen-bond acceptors (Lipinski definition) is 2. The lowest BCUT2D eigenvalue weighted by Crippen LogP contribution is -2.39. The summed E-state index contributed by atoms with van der Waals surface area (Å²) in [5.74, 6) is 0. The van der Waals surface area contributed by atoms with E-state index in [4.69, 9.17) is 0 Å². The number of carbonyl (C=O) groups is 1. The second-order valence-electron chi connectivity index (χ2n) is 5.48. The summed E-state index contributed by atoms with van der Waals surface area (Å²) < 4.78 is 1.81. The van der Waals surface area contributed by atoms with Crippen molar-refractivity contribution >= 4 is 22.6 Å². The molecule has 0 atom stereocenters. The molecule has 1 aliphatic rings. The number of anilines is 1. The zero-order chi connectivity index (χ0) is 13.9. The number of benzene rings is 1. The smallest absolute Gasteiger partial charge is 0.319 e. The lowest BCUT2D eigenvalue weighted by molar-refractivity contribution is 0.244. The second-order valence-corrected chi connectivity index (χ2v) is 5.48. The number of urea groups is 1. The normalized spacial score (nSPS) is 16.2. The molecule has 1 heterocycles. The van der Waals surface area contributed by atoms with Gasteiger partial charge >= 0.3 is 6.03 Å². The number of aryl methyl sites for hydroxylation is 1. The molecule has 106 valence electrons. The van der Waals surface area contributed by atoms with E-state index in [1.165, 1.54) is 19.3 Å². The standard InChI is InChI=1S/C15H20N4O/c1-19-14-9-13(8-7-11(14)10-16-19)18-15(20)17-12-5-3-2-4-6-12/h7-10,12H,2-6H2,1H3,(H2,17,18,20). The summed E-state index contributed by atoms with van der Waals surface area (Å²) in [5.41, 5.74) is 1.81. The third kappa shape index (κ3) is 2.76. The largest absolute Gasteiger partial charge is 0.335 e.